The maximum Gasteiger partial charge on any atom is 0.147 e. The van der Waals surface area contributed by atoms with E-state index in [4.69, 9.17) is 4.42 Å². The fraction of sp³-hybridized carbons (Fsp3) is 0.333. The van der Waals surface area contributed by atoms with E-state index >= 15 is 0 Å². The molecule has 0 saturated carbocycles. The van der Waals surface area contributed by atoms with Crippen molar-refractivity contribution in [3.05, 3.63) is 59.6 Å². The van der Waals surface area contributed by atoms with Gasteiger partial charge in [-0.25, -0.2) is 14.1 Å². The van der Waals surface area contributed by atoms with Crippen molar-refractivity contribution < 1.29 is 8.81 Å². The number of aromatic nitrogens is 3. The predicted octanol–water partition coefficient (Wildman–Crippen LogP) is 3.09. The third-order valence-electron chi connectivity index (χ3n) is 4.33. The fourth-order valence-electron chi connectivity index (χ4n) is 3.12. The second-order valence-corrected chi connectivity index (χ2v) is 6.12. The number of furan rings is 1. The molecule has 3 heterocycles. The summed E-state index contributed by atoms with van der Waals surface area (Å²) in [5.41, 5.74) is 0.490. The maximum absolute atomic E-state index is 13.8. The van der Waals surface area contributed by atoms with Gasteiger partial charge in [-0.1, -0.05) is 12.1 Å². The number of aryl methyl sites for hydroxylation is 2. The quantitative estimate of drug-likeness (QED) is 0.800. The minimum atomic E-state index is -0.271. The minimum Gasteiger partial charge on any atom is -0.460 e. The Kier molecular flexibility index (Phi) is 3.90. The van der Waals surface area contributed by atoms with Crippen LogP contribution in [0.2, 0.25) is 0 Å². The molecule has 1 aliphatic rings. The van der Waals surface area contributed by atoms with E-state index in [1.165, 1.54) is 6.07 Å². The molecule has 0 unspecified atom stereocenters. The van der Waals surface area contributed by atoms with Crippen LogP contribution in [-0.4, -0.2) is 20.8 Å². The maximum atomic E-state index is 13.8. The van der Waals surface area contributed by atoms with Gasteiger partial charge >= 0.3 is 0 Å². The van der Waals surface area contributed by atoms with Gasteiger partial charge in [-0.3, -0.25) is 0 Å². The van der Waals surface area contributed by atoms with Crippen molar-refractivity contribution in [2.45, 2.75) is 38.9 Å². The Morgan fingerprint density at radius 3 is 3.04 bits per heavy atom. The van der Waals surface area contributed by atoms with Gasteiger partial charge in [0.05, 0.1) is 18.7 Å². The van der Waals surface area contributed by atoms with Gasteiger partial charge in [-0.15, -0.1) is 0 Å². The third kappa shape index (κ3) is 2.97. The number of benzene rings is 1. The fourth-order valence-corrected chi connectivity index (χ4v) is 3.12. The molecule has 1 aromatic carbocycles. The summed E-state index contributed by atoms with van der Waals surface area (Å²) in [4.78, 5) is 4.42. The zero-order valence-electron chi connectivity index (χ0n) is 13.5. The van der Waals surface area contributed by atoms with E-state index in [1.54, 1.807) is 18.2 Å². The number of hydrogen-bond acceptors (Lipinski definition) is 4. The smallest absolute Gasteiger partial charge is 0.147 e. The summed E-state index contributed by atoms with van der Waals surface area (Å²) in [7, 11) is 0. The van der Waals surface area contributed by atoms with Crippen molar-refractivity contribution in [3.8, 4) is 11.3 Å². The normalized spacial score (nSPS) is 17.0. The molecule has 1 N–H and O–H groups in total. The molecule has 0 radical (unpaired) electrons. The summed E-state index contributed by atoms with van der Waals surface area (Å²) >= 11 is 0. The van der Waals surface area contributed by atoms with Crippen molar-refractivity contribution in [1.82, 2.24) is 20.1 Å². The molecule has 0 spiro atoms. The minimum absolute atomic E-state index is 0.271. The average molecular weight is 326 g/mol. The summed E-state index contributed by atoms with van der Waals surface area (Å²) in [6.45, 7) is 3.35. The number of fused-ring (bicyclic) bond motifs is 1. The molecule has 0 fully saturated rings. The van der Waals surface area contributed by atoms with Gasteiger partial charge in [-0.2, -0.15) is 5.10 Å². The van der Waals surface area contributed by atoms with Gasteiger partial charge in [0.2, 0.25) is 0 Å². The molecule has 1 aliphatic heterocycles. The van der Waals surface area contributed by atoms with Crippen molar-refractivity contribution in [3.63, 3.8) is 0 Å². The molecule has 6 heteroatoms. The van der Waals surface area contributed by atoms with E-state index in [0.29, 0.717) is 23.9 Å². The first-order valence-corrected chi connectivity index (χ1v) is 8.16. The lowest BCUT2D eigenvalue weighted by molar-refractivity contribution is 0.345. The number of hydrogen-bond donors (Lipinski definition) is 1. The second kappa shape index (κ2) is 6.20. The van der Waals surface area contributed by atoms with Gasteiger partial charge in [0, 0.05) is 12.5 Å². The summed E-state index contributed by atoms with van der Waals surface area (Å²) in [5, 5.41) is 7.90. The molecule has 0 amide bonds. The lowest BCUT2D eigenvalue weighted by Crippen LogP contribution is -2.37. The highest BCUT2D eigenvalue weighted by Crippen LogP contribution is 2.25. The first-order valence-electron chi connectivity index (χ1n) is 8.16. The Morgan fingerprint density at radius 2 is 2.17 bits per heavy atom. The van der Waals surface area contributed by atoms with Crippen LogP contribution in [0.5, 0.6) is 0 Å². The highest BCUT2D eigenvalue weighted by Gasteiger charge is 2.20. The number of nitrogens with zero attached hydrogens (tertiary/aromatic N) is 3. The molecular formula is C18H19FN4O. The molecule has 4 rings (SSSR count). The highest BCUT2D eigenvalue weighted by atomic mass is 19.1. The van der Waals surface area contributed by atoms with E-state index in [1.807, 2.05) is 23.7 Å². The van der Waals surface area contributed by atoms with Crippen LogP contribution in [0.25, 0.3) is 11.3 Å². The Labute approximate surface area is 139 Å². The highest BCUT2D eigenvalue weighted by molar-refractivity contribution is 5.58. The number of nitrogens with one attached hydrogen (secondary N) is 1. The topological polar surface area (TPSA) is 55.9 Å². The molecule has 124 valence electrons. The van der Waals surface area contributed by atoms with Crippen molar-refractivity contribution in [1.29, 1.82) is 0 Å². The lowest BCUT2D eigenvalue weighted by atomic mass is 10.1. The first-order chi connectivity index (χ1) is 11.7. The van der Waals surface area contributed by atoms with Crippen LogP contribution in [0.15, 0.2) is 40.8 Å². The van der Waals surface area contributed by atoms with Crippen LogP contribution in [0.4, 0.5) is 4.39 Å². The third-order valence-corrected chi connectivity index (χ3v) is 4.33. The Morgan fingerprint density at radius 1 is 1.29 bits per heavy atom. The van der Waals surface area contributed by atoms with E-state index in [9.17, 15) is 4.39 Å². The van der Waals surface area contributed by atoms with Gasteiger partial charge in [0.15, 0.2) is 0 Å². The van der Waals surface area contributed by atoms with Gasteiger partial charge in [0.1, 0.15) is 29.0 Å². The van der Waals surface area contributed by atoms with E-state index in [2.05, 4.69) is 15.4 Å². The van der Waals surface area contributed by atoms with Crippen LogP contribution >= 0.6 is 0 Å². The average Bonchev–Trinajstić information content (AvgIpc) is 3.18. The van der Waals surface area contributed by atoms with Crippen LogP contribution in [-0.2, 0) is 19.5 Å². The molecule has 0 bridgehead atoms. The summed E-state index contributed by atoms with van der Waals surface area (Å²) < 4.78 is 21.6. The van der Waals surface area contributed by atoms with Crippen molar-refractivity contribution in [2.24, 2.45) is 0 Å². The first kappa shape index (κ1) is 15.1. The molecule has 1 atom stereocenters. The molecule has 5 nitrogen and oxygen atoms in total. The zero-order chi connectivity index (χ0) is 16.5. The van der Waals surface area contributed by atoms with Gasteiger partial charge in [-0.05, 0) is 37.6 Å². The van der Waals surface area contributed by atoms with Crippen LogP contribution in [0, 0.1) is 12.7 Å². The largest absolute Gasteiger partial charge is 0.460 e. The van der Waals surface area contributed by atoms with E-state index in [0.717, 1.165) is 36.8 Å². The second-order valence-electron chi connectivity index (χ2n) is 6.12. The van der Waals surface area contributed by atoms with E-state index in [-0.39, 0.29) is 5.82 Å². The zero-order valence-corrected chi connectivity index (χ0v) is 13.5. The molecule has 3 aromatic rings. The van der Waals surface area contributed by atoms with Gasteiger partial charge in [0.25, 0.3) is 0 Å². The van der Waals surface area contributed by atoms with Crippen LogP contribution in [0.1, 0.15) is 23.8 Å². The van der Waals surface area contributed by atoms with Crippen molar-refractivity contribution >= 4 is 0 Å². The summed E-state index contributed by atoms with van der Waals surface area (Å²) in [6, 6.07) is 10.7. The number of rotatable bonds is 4. The SMILES string of the molecule is Cc1nc2n(n1)C[C@@H](NCc1ccc(-c3ccccc3F)o1)CC2. The monoisotopic (exact) mass is 326 g/mol. The molecular weight excluding hydrogens is 307 g/mol. The Hall–Kier alpha value is -2.47. The van der Waals surface area contributed by atoms with Crippen molar-refractivity contribution in [2.75, 3.05) is 0 Å². The molecule has 24 heavy (non-hydrogen) atoms. The Bertz CT molecular complexity index is 854. The predicted molar refractivity (Wildman–Crippen MR) is 87.8 cm³/mol. The Balaban J connectivity index is 1.40. The van der Waals surface area contributed by atoms with Crippen LogP contribution < -0.4 is 5.32 Å². The van der Waals surface area contributed by atoms with Crippen LogP contribution in [0.3, 0.4) is 0 Å². The standard InChI is InChI=1S/C18H19FN4O/c1-12-21-18-9-6-13(11-23(18)22-12)20-10-14-7-8-17(24-14)15-4-2-3-5-16(15)19/h2-5,7-8,13,20H,6,9-11H2,1H3/t13-/m0/s1. The summed E-state index contributed by atoms with van der Waals surface area (Å²) in [5.74, 6) is 2.97. The molecule has 2 aromatic heterocycles. The number of halogens is 1. The van der Waals surface area contributed by atoms with E-state index < -0.39 is 0 Å². The lowest BCUT2D eigenvalue weighted by Gasteiger charge is -2.23. The summed E-state index contributed by atoms with van der Waals surface area (Å²) in [6.07, 6.45) is 1.95. The van der Waals surface area contributed by atoms with Gasteiger partial charge < -0.3 is 9.73 Å². The molecule has 0 saturated heterocycles. The molecule has 0 aliphatic carbocycles.